The summed E-state index contributed by atoms with van der Waals surface area (Å²) in [6.45, 7) is 2.02. The van der Waals surface area contributed by atoms with Crippen molar-refractivity contribution >= 4 is 17.5 Å². The molecule has 2 heterocycles. The van der Waals surface area contributed by atoms with Crippen LogP contribution in [0, 0.1) is 11.3 Å². The molecule has 0 N–H and O–H groups in total. The summed E-state index contributed by atoms with van der Waals surface area (Å²) in [6.07, 6.45) is 3.18. The first-order chi connectivity index (χ1) is 9.76. The number of hydrogen-bond acceptors (Lipinski definition) is 5. The van der Waals surface area contributed by atoms with E-state index in [9.17, 15) is 10.1 Å². The van der Waals surface area contributed by atoms with Crippen LogP contribution < -0.4 is 0 Å². The van der Waals surface area contributed by atoms with E-state index in [0.717, 1.165) is 10.8 Å². The Balaban J connectivity index is 2.30. The van der Waals surface area contributed by atoms with E-state index < -0.39 is 5.92 Å². The number of carbonyl (C=O) groups excluding carboxylic acids is 1. The molecular weight excluding hydrogens is 270 g/mol. The average Bonchev–Trinajstić information content (AvgIpc) is 2.50. The lowest BCUT2D eigenvalue weighted by molar-refractivity contribution is 0.0977. The van der Waals surface area contributed by atoms with Gasteiger partial charge in [0.1, 0.15) is 0 Å². The standard InChI is InChI=1S/C15H13N3OS/c1-2-20-14-9-11(6-8-18-14)15(19)12(10-16)13-5-3-4-7-17-13/h3-9,12H,2H2,1H3/t12-/m1/s1. The lowest BCUT2D eigenvalue weighted by atomic mass is 9.96. The fourth-order valence-corrected chi connectivity index (χ4v) is 2.40. The summed E-state index contributed by atoms with van der Waals surface area (Å²) in [5, 5.41) is 10.0. The van der Waals surface area contributed by atoms with Crippen LogP contribution in [-0.2, 0) is 0 Å². The predicted molar refractivity (Wildman–Crippen MR) is 77.6 cm³/mol. The Kier molecular flexibility index (Phi) is 4.85. The topological polar surface area (TPSA) is 66.6 Å². The summed E-state index contributed by atoms with van der Waals surface area (Å²) in [7, 11) is 0. The van der Waals surface area contributed by atoms with E-state index in [0.29, 0.717) is 11.3 Å². The molecule has 100 valence electrons. The molecule has 0 aliphatic rings. The molecule has 0 saturated carbocycles. The summed E-state index contributed by atoms with van der Waals surface area (Å²) in [5.41, 5.74) is 0.967. The Morgan fingerprint density at radius 3 is 2.85 bits per heavy atom. The molecule has 0 spiro atoms. The van der Waals surface area contributed by atoms with Crippen LogP contribution in [0.4, 0.5) is 0 Å². The number of thioether (sulfide) groups is 1. The number of carbonyl (C=O) groups is 1. The van der Waals surface area contributed by atoms with E-state index in [1.807, 2.05) is 13.0 Å². The summed E-state index contributed by atoms with van der Waals surface area (Å²) in [5.74, 6) is -0.239. The van der Waals surface area contributed by atoms with Gasteiger partial charge in [-0.05, 0) is 30.0 Å². The molecule has 0 aliphatic heterocycles. The van der Waals surface area contributed by atoms with Gasteiger partial charge in [0.25, 0.3) is 0 Å². The maximum atomic E-state index is 12.4. The molecule has 0 aromatic carbocycles. The first-order valence-corrected chi connectivity index (χ1v) is 7.18. The minimum absolute atomic E-state index is 0.244. The lowest BCUT2D eigenvalue weighted by Crippen LogP contribution is -2.12. The van der Waals surface area contributed by atoms with Gasteiger partial charge in [0, 0.05) is 18.0 Å². The van der Waals surface area contributed by atoms with Crippen LogP contribution in [0.1, 0.15) is 28.9 Å². The molecule has 0 fully saturated rings. The van der Waals surface area contributed by atoms with Crippen molar-refractivity contribution in [2.45, 2.75) is 17.9 Å². The zero-order valence-electron chi connectivity index (χ0n) is 11.0. The van der Waals surface area contributed by atoms with E-state index in [-0.39, 0.29) is 5.78 Å². The first-order valence-electron chi connectivity index (χ1n) is 6.20. The summed E-state index contributed by atoms with van der Waals surface area (Å²) >= 11 is 1.56. The smallest absolute Gasteiger partial charge is 0.186 e. The SMILES string of the molecule is CCSc1cc(C(=O)[C@H](C#N)c2ccccn2)ccn1. The summed E-state index contributed by atoms with van der Waals surface area (Å²) < 4.78 is 0. The van der Waals surface area contributed by atoms with E-state index in [2.05, 4.69) is 9.97 Å². The van der Waals surface area contributed by atoms with Crippen LogP contribution in [0.2, 0.25) is 0 Å². The molecule has 0 aliphatic carbocycles. The molecule has 4 nitrogen and oxygen atoms in total. The van der Waals surface area contributed by atoms with Crippen LogP contribution in [0.3, 0.4) is 0 Å². The lowest BCUT2D eigenvalue weighted by Gasteiger charge is -2.08. The third-order valence-electron chi connectivity index (χ3n) is 2.69. The number of Topliss-reactive ketones (excluding diaryl/α,β-unsaturated/α-hetero) is 1. The number of rotatable bonds is 5. The highest BCUT2D eigenvalue weighted by Crippen LogP contribution is 2.21. The van der Waals surface area contributed by atoms with Crippen LogP contribution >= 0.6 is 11.8 Å². The molecule has 20 heavy (non-hydrogen) atoms. The summed E-state index contributed by atoms with van der Waals surface area (Å²) in [4.78, 5) is 20.7. The van der Waals surface area contributed by atoms with Gasteiger partial charge < -0.3 is 0 Å². The van der Waals surface area contributed by atoms with E-state index >= 15 is 0 Å². The number of nitrogens with zero attached hydrogens (tertiary/aromatic N) is 3. The Morgan fingerprint density at radius 2 is 2.20 bits per heavy atom. The van der Waals surface area contributed by atoms with Gasteiger partial charge >= 0.3 is 0 Å². The highest BCUT2D eigenvalue weighted by atomic mass is 32.2. The molecule has 0 unspecified atom stereocenters. The maximum absolute atomic E-state index is 12.4. The van der Waals surface area contributed by atoms with Crippen LogP contribution in [0.5, 0.6) is 0 Å². The third-order valence-corrected chi connectivity index (χ3v) is 3.49. The minimum Gasteiger partial charge on any atom is -0.292 e. The van der Waals surface area contributed by atoms with Gasteiger partial charge in [0.15, 0.2) is 11.7 Å². The van der Waals surface area contributed by atoms with Crippen molar-refractivity contribution in [3.63, 3.8) is 0 Å². The number of nitriles is 1. The quantitative estimate of drug-likeness (QED) is 0.623. The third kappa shape index (κ3) is 3.22. The second-order valence-electron chi connectivity index (χ2n) is 4.00. The van der Waals surface area contributed by atoms with E-state index in [1.165, 1.54) is 0 Å². The van der Waals surface area contributed by atoms with Gasteiger partial charge in [-0.2, -0.15) is 5.26 Å². The zero-order valence-corrected chi connectivity index (χ0v) is 11.8. The Morgan fingerprint density at radius 1 is 1.35 bits per heavy atom. The molecule has 0 bridgehead atoms. The fraction of sp³-hybridized carbons (Fsp3) is 0.200. The largest absolute Gasteiger partial charge is 0.292 e. The molecule has 5 heteroatoms. The molecular formula is C15H13N3OS. The highest BCUT2D eigenvalue weighted by molar-refractivity contribution is 7.99. The van der Waals surface area contributed by atoms with Crippen molar-refractivity contribution in [1.29, 1.82) is 5.26 Å². The Hall–Kier alpha value is -2.19. The minimum atomic E-state index is -0.877. The summed E-state index contributed by atoms with van der Waals surface area (Å²) in [6, 6.07) is 10.6. The fourth-order valence-electron chi connectivity index (χ4n) is 1.76. The van der Waals surface area contributed by atoms with Gasteiger partial charge in [-0.15, -0.1) is 11.8 Å². The van der Waals surface area contributed by atoms with E-state index in [1.54, 1.807) is 54.5 Å². The van der Waals surface area contributed by atoms with Crippen molar-refractivity contribution in [3.8, 4) is 6.07 Å². The normalized spacial score (nSPS) is 11.6. The molecule has 0 saturated heterocycles. The number of hydrogen-bond donors (Lipinski definition) is 0. The maximum Gasteiger partial charge on any atom is 0.186 e. The predicted octanol–water partition coefficient (Wildman–Crippen LogP) is 3.08. The van der Waals surface area contributed by atoms with Crippen LogP contribution in [-0.4, -0.2) is 21.5 Å². The molecule has 2 aromatic heterocycles. The molecule has 0 radical (unpaired) electrons. The van der Waals surface area contributed by atoms with Crippen molar-refractivity contribution in [1.82, 2.24) is 9.97 Å². The molecule has 2 aromatic rings. The Bertz CT molecular complexity index is 637. The Labute approximate surface area is 121 Å². The van der Waals surface area contributed by atoms with Crippen LogP contribution in [0.15, 0.2) is 47.8 Å². The molecule has 2 rings (SSSR count). The van der Waals surface area contributed by atoms with Crippen molar-refractivity contribution in [2.75, 3.05) is 5.75 Å². The zero-order chi connectivity index (χ0) is 14.4. The highest BCUT2D eigenvalue weighted by Gasteiger charge is 2.23. The second-order valence-corrected chi connectivity index (χ2v) is 5.28. The van der Waals surface area contributed by atoms with Crippen LogP contribution in [0.25, 0.3) is 0 Å². The number of pyridine rings is 2. The van der Waals surface area contributed by atoms with Crippen molar-refractivity contribution in [3.05, 3.63) is 54.0 Å². The van der Waals surface area contributed by atoms with Crippen molar-refractivity contribution in [2.24, 2.45) is 0 Å². The van der Waals surface area contributed by atoms with Gasteiger partial charge in [0.05, 0.1) is 16.8 Å². The number of aromatic nitrogens is 2. The monoisotopic (exact) mass is 283 g/mol. The van der Waals surface area contributed by atoms with Gasteiger partial charge in [-0.25, -0.2) is 4.98 Å². The van der Waals surface area contributed by atoms with Gasteiger partial charge in [-0.3, -0.25) is 9.78 Å². The van der Waals surface area contributed by atoms with E-state index in [4.69, 9.17) is 0 Å². The average molecular weight is 283 g/mol. The first kappa shape index (κ1) is 14.2. The van der Waals surface area contributed by atoms with Gasteiger partial charge in [0.2, 0.25) is 0 Å². The molecule has 1 atom stereocenters. The number of ketones is 1. The second kappa shape index (κ2) is 6.83. The van der Waals surface area contributed by atoms with Crippen molar-refractivity contribution < 1.29 is 4.79 Å². The van der Waals surface area contributed by atoms with Gasteiger partial charge in [-0.1, -0.05) is 13.0 Å². The molecule has 0 amide bonds.